The molecule has 1 aromatic heterocycles. The second-order valence-corrected chi connectivity index (χ2v) is 7.13. The van der Waals surface area contributed by atoms with Gasteiger partial charge in [-0.15, -0.1) is 5.10 Å². The first kappa shape index (κ1) is 20.6. The van der Waals surface area contributed by atoms with Gasteiger partial charge in [0.15, 0.2) is 5.82 Å². The number of methoxy groups -OCH3 is 1. The zero-order chi connectivity index (χ0) is 21.8. The first-order chi connectivity index (χ1) is 15.0. The molecule has 0 radical (unpaired) electrons. The van der Waals surface area contributed by atoms with Crippen molar-refractivity contribution in [3.05, 3.63) is 94.8 Å². The summed E-state index contributed by atoms with van der Waals surface area (Å²) >= 11 is 6.04. The van der Waals surface area contributed by atoms with Gasteiger partial charge in [-0.3, -0.25) is 4.79 Å². The van der Waals surface area contributed by atoms with E-state index < -0.39 is 0 Å². The predicted molar refractivity (Wildman–Crippen MR) is 117 cm³/mol. The summed E-state index contributed by atoms with van der Waals surface area (Å²) in [4.78, 5) is 17.6. The smallest absolute Gasteiger partial charge is 0.281 e. The van der Waals surface area contributed by atoms with Crippen molar-refractivity contribution in [2.24, 2.45) is 0 Å². The highest BCUT2D eigenvalue weighted by Gasteiger charge is 2.19. The van der Waals surface area contributed by atoms with Gasteiger partial charge in [0.25, 0.3) is 5.91 Å². The molecule has 0 atom stereocenters. The number of nitrogens with one attached hydrogen (secondary N) is 1. The molecule has 0 unspecified atom stereocenters. The number of halogens is 2. The fourth-order valence-corrected chi connectivity index (χ4v) is 3.15. The summed E-state index contributed by atoms with van der Waals surface area (Å²) in [6.07, 6.45) is 0. The Morgan fingerprint density at radius 3 is 2.52 bits per heavy atom. The summed E-state index contributed by atoms with van der Waals surface area (Å²) in [5.74, 6) is 0.647. The van der Waals surface area contributed by atoms with Gasteiger partial charge in [-0.25, -0.2) is 4.39 Å². The minimum Gasteiger partial charge on any atom is -0.497 e. The molecular weight excluding hydrogens is 419 g/mol. The zero-order valence-corrected chi connectivity index (χ0v) is 17.3. The Hall–Kier alpha value is -3.71. The normalized spacial score (nSPS) is 10.7. The summed E-state index contributed by atoms with van der Waals surface area (Å²) in [6.45, 7) is 0.337. The molecule has 3 aromatic carbocycles. The molecule has 6 nitrogen and oxygen atoms in total. The van der Waals surface area contributed by atoms with Gasteiger partial charge in [-0.05, 0) is 60.2 Å². The number of aromatic nitrogens is 3. The molecule has 0 spiro atoms. The molecule has 0 fully saturated rings. The van der Waals surface area contributed by atoms with Crippen LogP contribution in [0.2, 0.25) is 5.02 Å². The topological polar surface area (TPSA) is 69.0 Å². The molecule has 1 heterocycles. The standard InChI is InChI=1S/C23H18ClFN4O2/c1-31-20-11-7-16(8-12-20)21-27-23(26-14-15-5-9-19(25)10-6-15)29(28-21)22(30)17-3-2-4-18(24)13-17/h2-13H,14H2,1H3,(H,26,27,28). The lowest BCUT2D eigenvalue weighted by Gasteiger charge is -2.07. The number of nitrogens with zero attached hydrogens (tertiary/aromatic N) is 3. The van der Waals surface area contributed by atoms with Crippen LogP contribution in [0.25, 0.3) is 11.4 Å². The van der Waals surface area contributed by atoms with Crippen LogP contribution in [0.4, 0.5) is 10.3 Å². The fourth-order valence-electron chi connectivity index (χ4n) is 2.96. The van der Waals surface area contributed by atoms with E-state index in [1.165, 1.54) is 16.8 Å². The van der Waals surface area contributed by atoms with E-state index in [-0.39, 0.29) is 17.7 Å². The van der Waals surface area contributed by atoms with Crippen LogP contribution >= 0.6 is 11.6 Å². The summed E-state index contributed by atoms with van der Waals surface area (Å²) in [5.41, 5.74) is 1.93. The molecule has 0 aliphatic heterocycles. The van der Waals surface area contributed by atoms with E-state index >= 15 is 0 Å². The van der Waals surface area contributed by atoms with Crippen molar-refractivity contribution in [3.63, 3.8) is 0 Å². The SMILES string of the molecule is COc1ccc(-c2nc(NCc3ccc(F)cc3)n(C(=O)c3cccc(Cl)c3)n2)cc1. The highest BCUT2D eigenvalue weighted by Crippen LogP contribution is 2.23. The number of hydrogen-bond donors (Lipinski definition) is 1. The minimum atomic E-state index is -0.378. The van der Waals surface area contributed by atoms with Gasteiger partial charge in [0.05, 0.1) is 7.11 Å². The van der Waals surface area contributed by atoms with Gasteiger partial charge in [-0.1, -0.05) is 29.8 Å². The number of carbonyl (C=O) groups excluding carboxylic acids is 1. The van der Waals surface area contributed by atoms with Crippen LogP contribution in [-0.2, 0) is 6.54 Å². The summed E-state index contributed by atoms with van der Waals surface area (Å²) in [6, 6.07) is 19.9. The second kappa shape index (κ2) is 8.97. The van der Waals surface area contributed by atoms with Crippen molar-refractivity contribution >= 4 is 23.5 Å². The Morgan fingerprint density at radius 1 is 1.10 bits per heavy atom. The lowest BCUT2D eigenvalue weighted by molar-refractivity contribution is 0.0947. The van der Waals surface area contributed by atoms with Crippen LogP contribution in [0.3, 0.4) is 0 Å². The maximum atomic E-state index is 13.2. The molecule has 4 rings (SSSR count). The number of anilines is 1. The van der Waals surface area contributed by atoms with Crippen molar-refractivity contribution < 1.29 is 13.9 Å². The molecule has 8 heteroatoms. The molecule has 1 N–H and O–H groups in total. The summed E-state index contributed by atoms with van der Waals surface area (Å²) in [7, 11) is 1.59. The molecule has 0 saturated carbocycles. The van der Waals surface area contributed by atoms with Crippen molar-refractivity contribution in [2.45, 2.75) is 6.54 Å². The van der Waals surface area contributed by atoms with Crippen LogP contribution in [0, 0.1) is 5.82 Å². The van der Waals surface area contributed by atoms with Crippen molar-refractivity contribution in [1.82, 2.24) is 14.8 Å². The fraction of sp³-hybridized carbons (Fsp3) is 0.0870. The number of carbonyl (C=O) groups is 1. The Bertz CT molecular complexity index is 1210. The molecule has 0 bridgehead atoms. The largest absolute Gasteiger partial charge is 0.497 e. The third kappa shape index (κ3) is 4.73. The lowest BCUT2D eigenvalue weighted by atomic mass is 10.2. The first-order valence-corrected chi connectivity index (χ1v) is 9.81. The Labute approximate surface area is 183 Å². The third-order valence-electron chi connectivity index (χ3n) is 4.58. The molecule has 156 valence electrons. The van der Waals surface area contributed by atoms with E-state index in [4.69, 9.17) is 16.3 Å². The van der Waals surface area contributed by atoms with E-state index in [1.807, 2.05) is 12.1 Å². The molecule has 0 aliphatic rings. The van der Waals surface area contributed by atoms with Gasteiger partial charge in [0.1, 0.15) is 11.6 Å². The highest BCUT2D eigenvalue weighted by molar-refractivity contribution is 6.31. The second-order valence-electron chi connectivity index (χ2n) is 6.69. The zero-order valence-electron chi connectivity index (χ0n) is 16.5. The average Bonchev–Trinajstić information content (AvgIpc) is 3.22. The van der Waals surface area contributed by atoms with E-state index in [0.29, 0.717) is 28.7 Å². The van der Waals surface area contributed by atoms with Crippen molar-refractivity contribution in [2.75, 3.05) is 12.4 Å². The summed E-state index contributed by atoms with van der Waals surface area (Å²) in [5, 5.41) is 7.98. The van der Waals surface area contributed by atoms with Gasteiger partial charge in [0, 0.05) is 22.7 Å². The molecule has 31 heavy (non-hydrogen) atoms. The quantitative estimate of drug-likeness (QED) is 0.458. The van der Waals surface area contributed by atoms with Crippen LogP contribution in [0.1, 0.15) is 15.9 Å². The molecule has 0 saturated heterocycles. The average molecular weight is 437 g/mol. The van der Waals surface area contributed by atoms with E-state index in [2.05, 4.69) is 15.4 Å². The Kier molecular flexibility index (Phi) is 5.95. The van der Waals surface area contributed by atoms with Crippen LogP contribution in [0.5, 0.6) is 5.75 Å². The molecule has 4 aromatic rings. The monoisotopic (exact) mass is 436 g/mol. The van der Waals surface area contributed by atoms with Crippen molar-refractivity contribution in [1.29, 1.82) is 0 Å². The van der Waals surface area contributed by atoms with Gasteiger partial charge < -0.3 is 10.1 Å². The first-order valence-electron chi connectivity index (χ1n) is 9.43. The van der Waals surface area contributed by atoms with Gasteiger partial charge >= 0.3 is 0 Å². The number of hydrogen-bond acceptors (Lipinski definition) is 5. The van der Waals surface area contributed by atoms with Gasteiger partial charge in [-0.2, -0.15) is 9.67 Å². The molecule has 0 amide bonds. The van der Waals surface area contributed by atoms with Crippen LogP contribution < -0.4 is 10.1 Å². The van der Waals surface area contributed by atoms with E-state index in [1.54, 1.807) is 55.6 Å². The predicted octanol–water partition coefficient (Wildman–Crippen LogP) is 5.05. The lowest BCUT2D eigenvalue weighted by Crippen LogP contribution is -2.17. The molecular formula is C23H18ClFN4O2. The highest BCUT2D eigenvalue weighted by atomic mass is 35.5. The molecule has 0 aliphatic carbocycles. The Morgan fingerprint density at radius 2 is 1.84 bits per heavy atom. The van der Waals surface area contributed by atoms with Crippen LogP contribution in [0.15, 0.2) is 72.8 Å². The number of ether oxygens (including phenoxy) is 1. The van der Waals surface area contributed by atoms with E-state index in [9.17, 15) is 9.18 Å². The maximum Gasteiger partial charge on any atom is 0.281 e. The number of benzene rings is 3. The summed E-state index contributed by atoms with van der Waals surface area (Å²) < 4.78 is 19.6. The third-order valence-corrected chi connectivity index (χ3v) is 4.82. The van der Waals surface area contributed by atoms with Crippen LogP contribution in [-0.4, -0.2) is 27.8 Å². The maximum absolute atomic E-state index is 13.2. The minimum absolute atomic E-state index is 0.264. The Balaban J connectivity index is 1.68. The number of rotatable bonds is 6. The van der Waals surface area contributed by atoms with Gasteiger partial charge in [0.2, 0.25) is 5.95 Å². The van der Waals surface area contributed by atoms with E-state index in [0.717, 1.165) is 11.1 Å². The van der Waals surface area contributed by atoms with Crippen molar-refractivity contribution in [3.8, 4) is 17.1 Å².